The second-order valence-electron chi connectivity index (χ2n) is 2.66. The fourth-order valence-electron chi connectivity index (χ4n) is 0.809. The van der Waals surface area contributed by atoms with Crippen LogP contribution >= 0.6 is 0 Å². The van der Waals surface area contributed by atoms with Crippen molar-refractivity contribution in [2.75, 3.05) is 13.3 Å². The van der Waals surface area contributed by atoms with Crippen molar-refractivity contribution in [3.63, 3.8) is 0 Å². The number of rotatable bonds is 1. The van der Waals surface area contributed by atoms with E-state index in [2.05, 4.69) is 9.35 Å². The van der Waals surface area contributed by atoms with Gasteiger partial charge in [-0.05, 0) is 24.6 Å². The Morgan fingerprint density at radius 1 is 1.58 bits per heavy atom. The quantitative estimate of drug-likeness (QED) is 0.663. The molecule has 0 aromatic carbocycles. The Balaban J connectivity index is 3.31. The molecule has 0 bridgehead atoms. The number of nitrogens with zero attached hydrogens (tertiary/aromatic N) is 2. The molecule has 1 rings (SSSR count). The highest BCUT2D eigenvalue weighted by Crippen LogP contribution is 2.08. The molecule has 0 N–H and O–H groups in total. The minimum absolute atomic E-state index is 0.560. The Morgan fingerprint density at radius 2 is 2.25 bits per heavy atom. The maximum absolute atomic E-state index is 11.7. The first-order valence-electron chi connectivity index (χ1n) is 3.59. The number of hydrogen-bond donors (Lipinski definition) is 0. The van der Waals surface area contributed by atoms with E-state index in [0.717, 1.165) is 5.56 Å². The van der Waals surface area contributed by atoms with Crippen molar-refractivity contribution in [2.24, 2.45) is 4.36 Å². The number of hydrogen-bond acceptors (Lipinski definition) is 3. The van der Waals surface area contributed by atoms with Crippen LogP contribution in [-0.4, -0.2) is 22.5 Å². The summed E-state index contributed by atoms with van der Waals surface area (Å²) in [6.07, 6.45) is 3.24. The summed E-state index contributed by atoms with van der Waals surface area (Å²) in [4.78, 5) is 4.01. The molecule has 1 aromatic rings. The van der Waals surface area contributed by atoms with Crippen LogP contribution in [0.3, 0.4) is 0 Å². The molecule has 0 saturated heterocycles. The lowest BCUT2D eigenvalue weighted by atomic mass is 10.3. The average molecular weight is 184 g/mol. The summed E-state index contributed by atoms with van der Waals surface area (Å²) in [5.74, 6) is 0. The first-order chi connectivity index (χ1) is 5.56. The fourth-order valence-corrected chi connectivity index (χ4v) is 1.66. The third-order valence-corrected chi connectivity index (χ3v) is 3.32. The van der Waals surface area contributed by atoms with Crippen molar-refractivity contribution < 1.29 is 4.21 Å². The molecule has 0 saturated carbocycles. The molecule has 12 heavy (non-hydrogen) atoms. The molecule has 3 nitrogen and oxygen atoms in total. The zero-order chi connectivity index (χ0) is 9.19. The number of pyridine rings is 1. The van der Waals surface area contributed by atoms with Gasteiger partial charge in [0.05, 0.1) is 9.73 Å². The highest BCUT2D eigenvalue weighted by atomic mass is 32.2. The molecule has 1 heterocycles. The van der Waals surface area contributed by atoms with Crippen LogP contribution in [-0.2, 0) is 9.73 Å². The van der Waals surface area contributed by atoms with Crippen molar-refractivity contribution >= 4 is 9.73 Å². The normalized spacial score (nSPS) is 15.2. The molecule has 0 spiro atoms. The summed E-state index contributed by atoms with van der Waals surface area (Å²) in [5.41, 5.74) is 1.05. The summed E-state index contributed by atoms with van der Waals surface area (Å²) in [7, 11) is -0.709. The maximum atomic E-state index is 11.7. The van der Waals surface area contributed by atoms with E-state index >= 15 is 0 Å². The lowest BCUT2D eigenvalue weighted by molar-refractivity contribution is 0.677. The van der Waals surface area contributed by atoms with Crippen LogP contribution in [0.5, 0.6) is 0 Å². The smallest absolute Gasteiger partial charge is 0.135 e. The summed E-state index contributed by atoms with van der Waals surface area (Å²) in [6.45, 7) is 1.94. The van der Waals surface area contributed by atoms with Crippen LogP contribution in [0.25, 0.3) is 0 Å². The SMILES string of the molecule is CN=S(C)(=O)c1cc(C)ccn1. The Labute approximate surface area is 73.0 Å². The van der Waals surface area contributed by atoms with Gasteiger partial charge < -0.3 is 0 Å². The molecule has 0 aliphatic heterocycles. The number of aromatic nitrogens is 1. The average Bonchev–Trinajstić information content (AvgIpc) is 2.05. The van der Waals surface area contributed by atoms with Gasteiger partial charge >= 0.3 is 0 Å². The van der Waals surface area contributed by atoms with E-state index in [9.17, 15) is 4.21 Å². The highest BCUT2D eigenvalue weighted by molar-refractivity contribution is 7.92. The van der Waals surface area contributed by atoms with Gasteiger partial charge in [-0.15, -0.1) is 0 Å². The summed E-state index contributed by atoms with van der Waals surface area (Å²) in [6, 6.07) is 3.67. The van der Waals surface area contributed by atoms with Crippen LogP contribution < -0.4 is 0 Å². The topological polar surface area (TPSA) is 42.3 Å². The van der Waals surface area contributed by atoms with Gasteiger partial charge in [0.1, 0.15) is 5.03 Å². The second-order valence-corrected chi connectivity index (χ2v) is 5.04. The zero-order valence-corrected chi connectivity index (χ0v) is 8.26. The second kappa shape index (κ2) is 3.23. The Bertz CT molecular complexity index is 392. The highest BCUT2D eigenvalue weighted by Gasteiger charge is 2.04. The molecule has 4 heteroatoms. The lowest BCUT2D eigenvalue weighted by Crippen LogP contribution is -2.00. The van der Waals surface area contributed by atoms with E-state index < -0.39 is 9.73 Å². The Kier molecular flexibility index (Phi) is 2.47. The van der Waals surface area contributed by atoms with Crippen LogP contribution in [0.15, 0.2) is 27.7 Å². The monoisotopic (exact) mass is 184 g/mol. The van der Waals surface area contributed by atoms with E-state index in [1.807, 2.05) is 13.0 Å². The van der Waals surface area contributed by atoms with Crippen LogP contribution in [0.2, 0.25) is 0 Å². The van der Waals surface area contributed by atoms with Crippen LogP contribution in [0, 0.1) is 6.92 Å². The molecule has 0 radical (unpaired) electrons. The maximum Gasteiger partial charge on any atom is 0.135 e. The van der Waals surface area contributed by atoms with Crippen molar-refractivity contribution in [1.29, 1.82) is 0 Å². The zero-order valence-electron chi connectivity index (χ0n) is 7.44. The van der Waals surface area contributed by atoms with Gasteiger partial charge in [-0.3, -0.25) is 0 Å². The lowest BCUT2D eigenvalue weighted by Gasteiger charge is -2.01. The molecule has 0 fully saturated rings. The van der Waals surface area contributed by atoms with Gasteiger partial charge in [0.15, 0.2) is 0 Å². The molecular formula is C8H12N2OS. The van der Waals surface area contributed by atoms with Gasteiger partial charge in [-0.2, -0.15) is 0 Å². The van der Waals surface area contributed by atoms with E-state index in [1.54, 1.807) is 25.6 Å². The van der Waals surface area contributed by atoms with Gasteiger partial charge in [-0.1, -0.05) is 0 Å². The Hall–Kier alpha value is -0.900. The molecular weight excluding hydrogens is 172 g/mol. The van der Waals surface area contributed by atoms with E-state index in [1.165, 1.54) is 0 Å². The molecule has 1 atom stereocenters. The summed E-state index contributed by atoms with van der Waals surface area (Å²) >= 11 is 0. The summed E-state index contributed by atoms with van der Waals surface area (Å²) in [5, 5.41) is 0.560. The van der Waals surface area contributed by atoms with Crippen LogP contribution in [0.1, 0.15) is 5.56 Å². The molecule has 1 aromatic heterocycles. The largest absolute Gasteiger partial charge is 0.246 e. The first kappa shape index (κ1) is 9.19. The van der Waals surface area contributed by atoms with E-state index in [-0.39, 0.29) is 0 Å². The molecule has 66 valence electrons. The van der Waals surface area contributed by atoms with Crippen LogP contribution in [0.4, 0.5) is 0 Å². The minimum Gasteiger partial charge on any atom is -0.246 e. The molecule has 1 unspecified atom stereocenters. The van der Waals surface area contributed by atoms with Crippen molar-refractivity contribution in [2.45, 2.75) is 11.9 Å². The van der Waals surface area contributed by atoms with Crippen molar-refractivity contribution in [3.05, 3.63) is 23.9 Å². The van der Waals surface area contributed by atoms with Crippen molar-refractivity contribution in [3.8, 4) is 0 Å². The van der Waals surface area contributed by atoms with E-state index in [4.69, 9.17) is 0 Å². The van der Waals surface area contributed by atoms with Gasteiger partial charge in [-0.25, -0.2) is 13.6 Å². The first-order valence-corrected chi connectivity index (χ1v) is 5.51. The van der Waals surface area contributed by atoms with E-state index in [0.29, 0.717) is 5.03 Å². The fraction of sp³-hybridized carbons (Fsp3) is 0.375. The van der Waals surface area contributed by atoms with Gasteiger partial charge in [0.25, 0.3) is 0 Å². The van der Waals surface area contributed by atoms with Crippen molar-refractivity contribution in [1.82, 2.24) is 4.98 Å². The third kappa shape index (κ3) is 1.82. The minimum atomic E-state index is -2.26. The molecule has 0 aliphatic carbocycles. The predicted octanol–water partition coefficient (Wildman–Crippen LogP) is 1.48. The summed E-state index contributed by atoms with van der Waals surface area (Å²) < 4.78 is 15.5. The predicted molar refractivity (Wildman–Crippen MR) is 49.7 cm³/mol. The number of aryl methyl sites for hydroxylation is 1. The van der Waals surface area contributed by atoms with Gasteiger partial charge in [0, 0.05) is 19.5 Å². The van der Waals surface area contributed by atoms with Gasteiger partial charge in [0.2, 0.25) is 0 Å². The molecule has 0 aliphatic rings. The Morgan fingerprint density at radius 3 is 2.75 bits per heavy atom. The molecule has 0 amide bonds. The third-order valence-electron chi connectivity index (χ3n) is 1.63. The standard InChI is InChI=1S/C8H12N2OS/c1-7-4-5-10-8(6-7)12(3,11)9-2/h4-6H,1-3H3.